The van der Waals surface area contributed by atoms with E-state index in [1.807, 2.05) is 53.2 Å². The maximum atomic E-state index is 12.8. The number of aromatic nitrogens is 1. The van der Waals surface area contributed by atoms with Gasteiger partial charge in [0.15, 0.2) is 0 Å². The van der Waals surface area contributed by atoms with Crippen LogP contribution < -0.4 is 21.5 Å². The Bertz CT molecular complexity index is 1940. The number of nitrogens with one attached hydrogen (secondary N) is 4. The molecule has 3 heterocycles. The average molecular weight is 682 g/mol. The highest BCUT2D eigenvalue weighted by Crippen LogP contribution is 2.30. The molecule has 6 N–H and O–H groups in total. The number of hydrogen-bond donors (Lipinski definition) is 6. The fourth-order valence-corrected chi connectivity index (χ4v) is 6.68. The first-order valence-corrected chi connectivity index (χ1v) is 17.2. The number of phenolic OH excluding ortho intramolecular Hbond substituents is 1. The Balaban J connectivity index is 0.884. The standard InChI is InChI=1S/C37H39N5O6S/c43-32-11-9-29(30-10-12-34(45)41-35(30)32)33(44)22-38-21-24-5-7-25(8-6-24)36(46)39-16-19-42-17-13-27(14-18-42)48-37(47)40-31-4-2-1-3-28(31)26-15-20-49-23-26/h1-12,15,20,23,27,33,38,43-44H,13-14,16-19,21-22H2,(H,39,46)(H,40,47)(H,41,45)/t33-/m1/s1. The lowest BCUT2D eigenvalue weighted by molar-refractivity contribution is 0.0587. The highest BCUT2D eigenvalue weighted by Gasteiger charge is 2.23. The molecule has 5 aromatic rings. The summed E-state index contributed by atoms with van der Waals surface area (Å²) in [6.07, 6.45) is -0.00867. The van der Waals surface area contributed by atoms with Crippen LogP contribution in [0.15, 0.2) is 94.4 Å². The third-order valence-corrected chi connectivity index (χ3v) is 9.35. The molecule has 1 aliphatic heterocycles. The highest BCUT2D eigenvalue weighted by atomic mass is 32.1. The molecule has 254 valence electrons. The summed E-state index contributed by atoms with van der Waals surface area (Å²) in [5.74, 6) is -0.202. The van der Waals surface area contributed by atoms with Crippen molar-refractivity contribution in [3.63, 3.8) is 0 Å². The van der Waals surface area contributed by atoms with E-state index in [4.69, 9.17) is 4.74 Å². The molecule has 0 spiro atoms. The van der Waals surface area contributed by atoms with E-state index < -0.39 is 12.2 Å². The lowest BCUT2D eigenvalue weighted by Crippen LogP contribution is -2.42. The van der Waals surface area contributed by atoms with Gasteiger partial charge in [-0.25, -0.2) is 4.79 Å². The third kappa shape index (κ3) is 8.72. The number of carbonyl (C=O) groups is 2. The lowest BCUT2D eigenvalue weighted by Gasteiger charge is -2.31. The van der Waals surface area contributed by atoms with Crippen LogP contribution in [0.2, 0.25) is 0 Å². The van der Waals surface area contributed by atoms with Gasteiger partial charge in [0.2, 0.25) is 5.56 Å². The Morgan fingerprint density at radius 3 is 2.57 bits per heavy atom. The van der Waals surface area contributed by atoms with Crippen molar-refractivity contribution in [3.05, 3.63) is 117 Å². The number of pyridine rings is 1. The zero-order valence-electron chi connectivity index (χ0n) is 26.9. The normalized spacial score (nSPS) is 14.4. The van der Waals surface area contributed by atoms with Gasteiger partial charge in [-0.05, 0) is 76.7 Å². The average Bonchev–Trinajstić information content (AvgIpc) is 3.65. The number of aliphatic hydroxyl groups excluding tert-OH is 1. The number of anilines is 1. The minimum absolute atomic E-state index is 0.0539. The van der Waals surface area contributed by atoms with Crippen molar-refractivity contribution >= 4 is 39.9 Å². The number of fused-ring (bicyclic) bond motifs is 1. The number of piperidine rings is 1. The summed E-state index contributed by atoms with van der Waals surface area (Å²) in [4.78, 5) is 41.9. The summed E-state index contributed by atoms with van der Waals surface area (Å²) < 4.78 is 5.73. The van der Waals surface area contributed by atoms with Gasteiger partial charge in [0, 0.05) is 61.8 Å². The first-order valence-electron chi connectivity index (χ1n) is 16.3. The Morgan fingerprint density at radius 1 is 1.00 bits per heavy atom. The molecule has 0 aliphatic carbocycles. The van der Waals surface area contributed by atoms with Crippen molar-refractivity contribution in [1.82, 2.24) is 20.5 Å². The van der Waals surface area contributed by atoms with E-state index in [0.717, 1.165) is 48.3 Å². The summed E-state index contributed by atoms with van der Waals surface area (Å²) >= 11 is 1.61. The number of aliphatic hydroxyl groups is 1. The first kappa shape index (κ1) is 33.9. The quantitative estimate of drug-likeness (QED) is 0.105. The van der Waals surface area contributed by atoms with Gasteiger partial charge in [-0.2, -0.15) is 11.3 Å². The van der Waals surface area contributed by atoms with Gasteiger partial charge in [-0.1, -0.05) is 36.4 Å². The van der Waals surface area contributed by atoms with Gasteiger partial charge in [0.05, 0.1) is 17.3 Å². The molecule has 49 heavy (non-hydrogen) atoms. The molecule has 1 aliphatic rings. The molecule has 0 saturated carbocycles. The van der Waals surface area contributed by atoms with Crippen LogP contribution in [0.5, 0.6) is 5.75 Å². The zero-order chi connectivity index (χ0) is 34.2. The van der Waals surface area contributed by atoms with Crippen molar-refractivity contribution in [2.75, 3.05) is 38.0 Å². The number of phenols is 1. The fourth-order valence-electron chi connectivity index (χ4n) is 6.02. The monoisotopic (exact) mass is 681 g/mol. The van der Waals surface area contributed by atoms with Crippen LogP contribution in [-0.4, -0.2) is 70.9 Å². The molecule has 1 saturated heterocycles. The second kappa shape index (κ2) is 15.9. The number of hydrogen-bond acceptors (Lipinski definition) is 9. The predicted octanol–water partition coefficient (Wildman–Crippen LogP) is 5.23. The number of ether oxygens (including phenoxy) is 1. The fraction of sp³-hybridized carbons (Fsp3) is 0.270. The number of rotatable bonds is 12. The Kier molecular flexibility index (Phi) is 11.0. The summed E-state index contributed by atoms with van der Waals surface area (Å²) in [5.41, 5.74) is 4.81. The van der Waals surface area contributed by atoms with E-state index in [-0.39, 0.29) is 29.9 Å². The number of likely N-dealkylation sites (tertiary alicyclic amines) is 1. The number of aromatic amines is 1. The molecule has 0 unspecified atom stereocenters. The Labute approximate surface area is 287 Å². The lowest BCUT2D eigenvalue weighted by atomic mass is 10.0. The summed E-state index contributed by atoms with van der Waals surface area (Å²) in [6, 6.07) is 23.1. The molecule has 0 radical (unpaired) electrons. The van der Waals surface area contributed by atoms with Crippen LogP contribution in [0.3, 0.4) is 0 Å². The third-order valence-electron chi connectivity index (χ3n) is 8.67. The van der Waals surface area contributed by atoms with E-state index in [1.54, 1.807) is 35.6 Å². The van der Waals surface area contributed by atoms with Gasteiger partial charge in [0.1, 0.15) is 11.9 Å². The zero-order valence-corrected chi connectivity index (χ0v) is 27.7. The molecule has 2 amide bonds. The van der Waals surface area contributed by atoms with Crippen LogP contribution in [0.4, 0.5) is 10.5 Å². The van der Waals surface area contributed by atoms with Crippen molar-refractivity contribution in [2.24, 2.45) is 0 Å². The number of H-pyrrole nitrogens is 1. The number of thiophene rings is 1. The highest BCUT2D eigenvalue weighted by molar-refractivity contribution is 7.08. The van der Waals surface area contributed by atoms with Crippen LogP contribution in [-0.2, 0) is 11.3 Å². The molecule has 6 rings (SSSR count). The van der Waals surface area contributed by atoms with E-state index in [2.05, 4.69) is 25.8 Å². The molecule has 3 aromatic carbocycles. The summed E-state index contributed by atoms with van der Waals surface area (Å²) in [6.45, 7) is 3.49. The van der Waals surface area contributed by atoms with Crippen LogP contribution in [0.25, 0.3) is 22.0 Å². The van der Waals surface area contributed by atoms with E-state index in [1.165, 1.54) is 12.1 Å². The molecule has 0 bridgehead atoms. The van der Waals surface area contributed by atoms with Gasteiger partial charge in [-0.3, -0.25) is 14.9 Å². The summed E-state index contributed by atoms with van der Waals surface area (Å²) in [7, 11) is 0. The Hall–Kier alpha value is -5.01. The van der Waals surface area contributed by atoms with E-state index in [0.29, 0.717) is 41.7 Å². The van der Waals surface area contributed by atoms with Gasteiger partial charge >= 0.3 is 6.09 Å². The summed E-state index contributed by atoms with van der Waals surface area (Å²) in [5, 5.41) is 34.6. The van der Waals surface area contributed by atoms with Gasteiger partial charge in [-0.15, -0.1) is 0 Å². The molecule has 1 fully saturated rings. The van der Waals surface area contributed by atoms with Crippen molar-refractivity contribution in [3.8, 4) is 16.9 Å². The van der Waals surface area contributed by atoms with Crippen molar-refractivity contribution < 1.29 is 24.5 Å². The molecule has 11 nitrogen and oxygen atoms in total. The van der Waals surface area contributed by atoms with Crippen molar-refractivity contribution in [2.45, 2.75) is 31.6 Å². The number of benzene rings is 3. The largest absolute Gasteiger partial charge is 0.506 e. The first-order chi connectivity index (χ1) is 23.8. The molecular formula is C37H39N5O6S. The molecular weight excluding hydrogens is 643 g/mol. The molecule has 1 atom stereocenters. The maximum absolute atomic E-state index is 12.8. The SMILES string of the molecule is O=C(Nc1ccccc1-c1ccsc1)OC1CCN(CCNC(=O)c2ccc(CNC[C@@H](O)c3ccc(O)c4[nH]c(=O)ccc34)cc2)CC1. The van der Waals surface area contributed by atoms with Crippen molar-refractivity contribution in [1.29, 1.82) is 0 Å². The molecule has 12 heteroatoms. The predicted molar refractivity (Wildman–Crippen MR) is 191 cm³/mol. The minimum atomic E-state index is -0.860. The number of carbonyl (C=O) groups excluding carboxylic acids is 2. The van der Waals surface area contributed by atoms with E-state index in [9.17, 15) is 24.6 Å². The number of nitrogens with zero attached hydrogens (tertiary/aromatic N) is 1. The number of aromatic hydroxyl groups is 1. The van der Waals surface area contributed by atoms with Crippen LogP contribution >= 0.6 is 11.3 Å². The molecule has 2 aromatic heterocycles. The smallest absolute Gasteiger partial charge is 0.411 e. The second-order valence-electron chi connectivity index (χ2n) is 12.0. The number of amides is 2. The number of para-hydroxylation sites is 1. The maximum Gasteiger partial charge on any atom is 0.411 e. The minimum Gasteiger partial charge on any atom is -0.506 e. The van der Waals surface area contributed by atoms with Gasteiger partial charge in [0.25, 0.3) is 5.91 Å². The topological polar surface area (TPSA) is 156 Å². The van der Waals surface area contributed by atoms with Gasteiger partial charge < -0.3 is 35.5 Å². The second-order valence-corrected chi connectivity index (χ2v) is 12.8. The van der Waals surface area contributed by atoms with E-state index >= 15 is 0 Å². The van der Waals surface area contributed by atoms with Crippen LogP contribution in [0.1, 0.15) is 40.4 Å². The Morgan fingerprint density at radius 2 is 1.80 bits per heavy atom. The van der Waals surface area contributed by atoms with Crippen LogP contribution in [0, 0.1) is 0 Å².